The van der Waals surface area contributed by atoms with Crippen molar-refractivity contribution in [2.24, 2.45) is 0 Å². The highest BCUT2D eigenvalue weighted by Crippen LogP contribution is 2.60. The van der Waals surface area contributed by atoms with Crippen LogP contribution in [0.5, 0.6) is 0 Å². The molecule has 0 spiro atoms. The van der Waals surface area contributed by atoms with Crippen LogP contribution in [0.4, 0.5) is 26.3 Å². The van der Waals surface area contributed by atoms with Gasteiger partial charge in [-0.3, -0.25) is 0 Å². The van der Waals surface area contributed by atoms with E-state index in [1.165, 1.54) is 0 Å². The van der Waals surface area contributed by atoms with Crippen molar-refractivity contribution in [3.63, 3.8) is 0 Å². The lowest BCUT2D eigenvalue weighted by Gasteiger charge is -2.38. The van der Waals surface area contributed by atoms with Crippen molar-refractivity contribution in [2.75, 3.05) is 0 Å². The maximum Gasteiger partial charge on any atom is 0.310 e. The Labute approximate surface area is 127 Å². The first-order valence-electron chi connectivity index (χ1n) is 3.52. The molecule has 0 aromatic heterocycles. The van der Waals surface area contributed by atoms with Gasteiger partial charge in [-0.25, -0.2) is 22.0 Å². The molecule has 3 unspecified atom stereocenters. The van der Waals surface area contributed by atoms with E-state index in [1.54, 1.807) is 0 Å². The van der Waals surface area contributed by atoms with Crippen LogP contribution in [0.3, 0.4) is 0 Å². The Balaban J connectivity index is 5.88. The van der Waals surface area contributed by atoms with Crippen LogP contribution in [0, 0.1) is 0 Å². The third kappa shape index (κ3) is 3.04. The van der Waals surface area contributed by atoms with E-state index < -0.39 is 31.1 Å². The molecule has 0 nitrogen and oxygen atoms in total. The van der Waals surface area contributed by atoms with Gasteiger partial charge in [0, 0.05) is 0 Å². The van der Waals surface area contributed by atoms with Crippen LogP contribution in [0.15, 0.2) is 11.1 Å². The Morgan fingerprint density at radius 3 is 1.28 bits per heavy atom. The summed E-state index contributed by atoms with van der Waals surface area (Å²) in [6, 6.07) is 0. The topological polar surface area (TPSA) is 0 Å². The quantitative estimate of drug-likeness (QED) is 0.393. The summed E-state index contributed by atoms with van der Waals surface area (Å²) < 4.78 is 74.0. The average Bonchev–Trinajstić information content (AvgIpc) is 2.13. The second kappa shape index (κ2) is 5.45. The first-order valence-corrected chi connectivity index (χ1v) is 5.79. The Bertz CT molecular complexity index is 354. The van der Waals surface area contributed by atoms with Gasteiger partial charge < -0.3 is 0 Å². The van der Waals surface area contributed by atoms with Gasteiger partial charge in [0.15, 0.2) is 0 Å². The summed E-state index contributed by atoms with van der Waals surface area (Å²) in [5, 5.41) is -17.1. The largest absolute Gasteiger partial charge is 0.310 e. The molecular formula is C6Cl6F6. The predicted octanol–water partition coefficient (Wildman–Crippen LogP) is 6.15. The van der Waals surface area contributed by atoms with Gasteiger partial charge in [-0.2, -0.15) is 4.39 Å². The minimum Gasteiger partial charge on any atom is -0.215 e. The van der Waals surface area contributed by atoms with Gasteiger partial charge in [0.1, 0.15) is 0 Å². The summed E-state index contributed by atoms with van der Waals surface area (Å²) in [6.45, 7) is 0. The lowest BCUT2D eigenvalue weighted by molar-refractivity contribution is -0.0276. The third-order valence-electron chi connectivity index (χ3n) is 1.59. The first kappa shape index (κ1) is 19.1. The standard InChI is InChI=1S/C6Cl6F6/c7-2(14)1(13)3(8,15)4(9,16)5(10,17)6(11,12)18/b2-1+. The minimum absolute atomic E-state index is 2.50. The molecule has 0 amide bonds. The van der Waals surface area contributed by atoms with E-state index in [9.17, 15) is 26.3 Å². The number of rotatable bonds is 4. The van der Waals surface area contributed by atoms with Crippen molar-refractivity contribution in [2.45, 2.75) is 20.0 Å². The van der Waals surface area contributed by atoms with E-state index in [0.29, 0.717) is 0 Å². The van der Waals surface area contributed by atoms with E-state index in [0.717, 1.165) is 0 Å². The van der Waals surface area contributed by atoms with Gasteiger partial charge in [-0.15, -0.1) is 0 Å². The van der Waals surface area contributed by atoms with Crippen LogP contribution in [0.25, 0.3) is 0 Å². The molecule has 0 aromatic carbocycles. The van der Waals surface area contributed by atoms with Crippen LogP contribution >= 0.6 is 69.6 Å². The second-order valence-electron chi connectivity index (χ2n) is 2.80. The Morgan fingerprint density at radius 1 is 0.722 bits per heavy atom. The van der Waals surface area contributed by atoms with Crippen LogP contribution in [-0.4, -0.2) is 20.0 Å². The maximum absolute atomic E-state index is 13.6. The van der Waals surface area contributed by atoms with Gasteiger partial charge in [0.05, 0.1) is 0 Å². The molecule has 0 aliphatic rings. The summed E-state index contributed by atoms with van der Waals surface area (Å²) in [6.07, 6.45) is 0. The Hall–Kier alpha value is 1.06. The van der Waals surface area contributed by atoms with Gasteiger partial charge in [0.25, 0.3) is 15.4 Å². The summed E-state index contributed by atoms with van der Waals surface area (Å²) in [5.74, 6) is -2.89. The molecule has 0 fully saturated rings. The van der Waals surface area contributed by atoms with Crippen LogP contribution < -0.4 is 0 Å². The molecule has 0 aliphatic carbocycles. The van der Waals surface area contributed by atoms with Crippen molar-refractivity contribution < 1.29 is 26.3 Å². The average molecular weight is 399 g/mol. The molecule has 0 saturated heterocycles. The van der Waals surface area contributed by atoms with E-state index in [4.69, 9.17) is 0 Å². The summed E-state index contributed by atoms with van der Waals surface area (Å²) in [7, 11) is 0. The fourth-order valence-electron chi connectivity index (χ4n) is 0.632. The van der Waals surface area contributed by atoms with Crippen LogP contribution in [0.1, 0.15) is 0 Å². The molecule has 0 aliphatic heterocycles. The van der Waals surface area contributed by atoms with E-state index >= 15 is 0 Å². The van der Waals surface area contributed by atoms with Crippen molar-refractivity contribution in [3.05, 3.63) is 11.1 Å². The maximum atomic E-state index is 13.6. The monoisotopic (exact) mass is 396 g/mol. The van der Waals surface area contributed by atoms with E-state index in [2.05, 4.69) is 69.6 Å². The molecule has 0 bridgehead atoms. The minimum atomic E-state index is -4.95. The number of hydrogen-bond acceptors (Lipinski definition) is 0. The molecule has 3 atom stereocenters. The highest BCUT2D eigenvalue weighted by Gasteiger charge is 2.76. The lowest BCUT2D eigenvalue weighted by atomic mass is 10.1. The highest BCUT2D eigenvalue weighted by molar-refractivity contribution is 6.54. The van der Waals surface area contributed by atoms with E-state index in [-0.39, 0.29) is 0 Å². The van der Waals surface area contributed by atoms with Gasteiger partial charge in [0.2, 0.25) is 11.1 Å². The third-order valence-corrected chi connectivity index (χ3v) is 4.13. The molecule has 0 radical (unpaired) electrons. The highest BCUT2D eigenvalue weighted by atomic mass is 35.5. The molecule has 0 saturated carbocycles. The molecule has 0 rings (SSSR count). The Morgan fingerprint density at radius 2 is 1.06 bits per heavy atom. The number of alkyl halides is 9. The normalized spacial score (nSPS) is 24.7. The number of halogens is 12. The zero-order chi connectivity index (χ0) is 15.2. The van der Waals surface area contributed by atoms with Crippen molar-refractivity contribution in [1.29, 1.82) is 0 Å². The Kier molecular flexibility index (Phi) is 5.77. The summed E-state index contributed by atoms with van der Waals surface area (Å²) in [4.78, 5) is 0. The fourth-order valence-corrected chi connectivity index (χ4v) is 1.77. The summed E-state index contributed by atoms with van der Waals surface area (Å²) >= 11 is 26.9. The van der Waals surface area contributed by atoms with E-state index in [1.807, 2.05) is 0 Å². The predicted molar refractivity (Wildman–Crippen MR) is 59.7 cm³/mol. The van der Waals surface area contributed by atoms with Gasteiger partial charge >= 0.3 is 4.59 Å². The van der Waals surface area contributed by atoms with Gasteiger partial charge in [-0.1, -0.05) is 58.0 Å². The SMILES string of the molecule is F/C(Cl)=C(/F)C(F)(Cl)C(F)(Cl)C(F)(Cl)C(F)(Cl)Cl. The molecule has 0 heterocycles. The van der Waals surface area contributed by atoms with Crippen molar-refractivity contribution in [3.8, 4) is 0 Å². The zero-order valence-corrected chi connectivity index (χ0v) is 12.1. The second-order valence-corrected chi connectivity index (χ2v) is 5.92. The lowest BCUT2D eigenvalue weighted by Crippen LogP contribution is -2.58. The zero-order valence-electron chi connectivity index (χ0n) is 7.54. The molecule has 12 heteroatoms. The molecule has 18 heavy (non-hydrogen) atoms. The molecular weight excluding hydrogens is 399 g/mol. The molecule has 108 valence electrons. The van der Waals surface area contributed by atoms with Crippen molar-refractivity contribution in [1.82, 2.24) is 0 Å². The molecule has 0 aromatic rings. The van der Waals surface area contributed by atoms with Gasteiger partial charge in [-0.05, 0) is 11.6 Å². The fraction of sp³-hybridized carbons (Fsp3) is 0.667. The van der Waals surface area contributed by atoms with Crippen LogP contribution in [0.2, 0.25) is 0 Å². The number of allylic oxidation sites excluding steroid dienone is 1. The molecule has 0 N–H and O–H groups in total. The smallest absolute Gasteiger partial charge is 0.215 e. The first-order chi connectivity index (χ1) is 7.60. The number of hydrogen-bond donors (Lipinski definition) is 0. The van der Waals surface area contributed by atoms with Crippen molar-refractivity contribution >= 4 is 69.6 Å². The summed E-state index contributed by atoms with van der Waals surface area (Å²) in [5.41, 5.74) is 0. The van der Waals surface area contributed by atoms with Crippen LogP contribution in [-0.2, 0) is 0 Å².